The summed E-state index contributed by atoms with van der Waals surface area (Å²) in [6.45, 7) is 3.92. The highest BCUT2D eigenvalue weighted by atomic mass is 79.9. The lowest BCUT2D eigenvalue weighted by atomic mass is 10.0. The standard InChI is InChI=1S/C18H15BrN2O/c1-11-9-12(2)18(22)17-15(11)7-6-14(21-17)5-3-13-4-8-16(19)20-10-13/h3-10,22H,1-2H3. The Morgan fingerprint density at radius 2 is 1.86 bits per heavy atom. The summed E-state index contributed by atoms with van der Waals surface area (Å²) < 4.78 is 0.810. The number of aromatic nitrogens is 2. The number of aromatic hydroxyl groups is 1. The monoisotopic (exact) mass is 354 g/mol. The van der Waals surface area contributed by atoms with Crippen LogP contribution in [0.3, 0.4) is 0 Å². The number of benzene rings is 1. The van der Waals surface area contributed by atoms with Crippen molar-refractivity contribution in [3.8, 4) is 5.75 Å². The van der Waals surface area contributed by atoms with Crippen LogP contribution in [0.15, 0.2) is 41.1 Å². The number of nitrogens with zero attached hydrogens (tertiary/aromatic N) is 2. The molecule has 0 atom stereocenters. The zero-order chi connectivity index (χ0) is 15.7. The molecule has 22 heavy (non-hydrogen) atoms. The molecule has 1 N–H and O–H groups in total. The van der Waals surface area contributed by atoms with Crippen LogP contribution < -0.4 is 0 Å². The third-order valence-electron chi connectivity index (χ3n) is 3.57. The van der Waals surface area contributed by atoms with Gasteiger partial charge in [-0.15, -0.1) is 0 Å². The van der Waals surface area contributed by atoms with Crippen molar-refractivity contribution in [2.75, 3.05) is 0 Å². The highest BCUT2D eigenvalue weighted by Crippen LogP contribution is 2.29. The summed E-state index contributed by atoms with van der Waals surface area (Å²) in [5.74, 6) is 0.251. The minimum atomic E-state index is 0.251. The van der Waals surface area contributed by atoms with E-state index in [0.29, 0.717) is 5.52 Å². The Labute approximate surface area is 137 Å². The molecule has 0 aliphatic rings. The van der Waals surface area contributed by atoms with Gasteiger partial charge in [0, 0.05) is 11.6 Å². The first-order valence-corrected chi connectivity index (χ1v) is 7.73. The van der Waals surface area contributed by atoms with Crippen LogP contribution in [0, 0.1) is 13.8 Å². The van der Waals surface area contributed by atoms with Gasteiger partial charge in [-0.25, -0.2) is 9.97 Å². The molecule has 3 rings (SSSR count). The van der Waals surface area contributed by atoms with Gasteiger partial charge < -0.3 is 5.11 Å². The van der Waals surface area contributed by atoms with E-state index in [1.807, 2.05) is 56.3 Å². The molecule has 0 spiro atoms. The van der Waals surface area contributed by atoms with Gasteiger partial charge in [-0.05, 0) is 64.7 Å². The van der Waals surface area contributed by atoms with Gasteiger partial charge in [-0.1, -0.05) is 24.3 Å². The average Bonchev–Trinajstić information content (AvgIpc) is 2.52. The molecule has 0 radical (unpaired) electrons. The molecule has 4 heteroatoms. The number of pyridine rings is 2. The summed E-state index contributed by atoms with van der Waals surface area (Å²) in [6, 6.07) is 9.79. The molecule has 0 amide bonds. The first kappa shape index (κ1) is 14.7. The summed E-state index contributed by atoms with van der Waals surface area (Å²) in [7, 11) is 0. The quantitative estimate of drug-likeness (QED) is 0.666. The van der Waals surface area contributed by atoms with Crippen LogP contribution in [0.25, 0.3) is 23.1 Å². The van der Waals surface area contributed by atoms with Gasteiger partial charge in [0.05, 0.1) is 5.69 Å². The molecule has 0 aliphatic heterocycles. The molecule has 0 saturated heterocycles. The zero-order valence-corrected chi connectivity index (χ0v) is 13.9. The first-order chi connectivity index (χ1) is 10.5. The average molecular weight is 355 g/mol. The lowest BCUT2D eigenvalue weighted by molar-refractivity contribution is 0.476. The largest absolute Gasteiger partial charge is 0.505 e. The number of phenolic OH excluding ortho intramolecular Hbond substituents is 1. The summed E-state index contributed by atoms with van der Waals surface area (Å²) >= 11 is 3.31. The Morgan fingerprint density at radius 1 is 1.05 bits per heavy atom. The SMILES string of the molecule is Cc1cc(C)c2ccc(C=Cc3ccc(Br)nc3)nc2c1O. The van der Waals surface area contributed by atoms with Crippen molar-refractivity contribution in [1.29, 1.82) is 0 Å². The Morgan fingerprint density at radius 3 is 2.59 bits per heavy atom. The molecule has 2 heterocycles. The Hall–Kier alpha value is -2.20. The van der Waals surface area contributed by atoms with E-state index in [1.54, 1.807) is 6.20 Å². The van der Waals surface area contributed by atoms with E-state index >= 15 is 0 Å². The van der Waals surface area contributed by atoms with Crippen LogP contribution >= 0.6 is 15.9 Å². The Balaban J connectivity index is 2.01. The number of hydrogen-bond donors (Lipinski definition) is 1. The van der Waals surface area contributed by atoms with Gasteiger partial charge in [0.2, 0.25) is 0 Å². The van der Waals surface area contributed by atoms with E-state index in [0.717, 1.165) is 32.4 Å². The molecule has 2 aromatic heterocycles. The van der Waals surface area contributed by atoms with E-state index < -0.39 is 0 Å². The number of phenols is 1. The lowest BCUT2D eigenvalue weighted by Crippen LogP contribution is -1.89. The van der Waals surface area contributed by atoms with Crippen LogP contribution in [0.5, 0.6) is 5.75 Å². The minimum absolute atomic E-state index is 0.251. The number of aryl methyl sites for hydroxylation is 2. The van der Waals surface area contributed by atoms with Gasteiger partial charge in [0.15, 0.2) is 0 Å². The summed E-state index contributed by atoms with van der Waals surface area (Å²) in [5, 5.41) is 11.2. The molecule has 3 nitrogen and oxygen atoms in total. The van der Waals surface area contributed by atoms with E-state index in [2.05, 4.69) is 25.9 Å². The van der Waals surface area contributed by atoms with Crippen molar-refractivity contribution in [3.05, 3.63) is 63.5 Å². The smallest absolute Gasteiger partial charge is 0.144 e. The minimum Gasteiger partial charge on any atom is -0.505 e. The third kappa shape index (κ3) is 2.88. The highest BCUT2D eigenvalue weighted by Gasteiger charge is 2.08. The van der Waals surface area contributed by atoms with Crippen molar-refractivity contribution in [2.45, 2.75) is 13.8 Å². The normalized spacial score (nSPS) is 11.4. The fourth-order valence-electron chi connectivity index (χ4n) is 2.39. The van der Waals surface area contributed by atoms with Gasteiger partial charge in [0.1, 0.15) is 15.9 Å². The maximum Gasteiger partial charge on any atom is 0.144 e. The predicted octanol–water partition coefficient (Wildman–Crippen LogP) is 4.89. The zero-order valence-electron chi connectivity index (χ0n) is 12.3. The molecule has 110 valence electrons. The van der Waals surface area contributed by atoms with E-state index in [4.69, 9.17) is 0 Å². The predicted molar refractivity (Wildman–Crippen MR) is 93.7 cm³/mol. The molecule has 0 aliphatic carbocycles. The highest BCUT2D eigenvalue weighted by molar-refractivity contribution is 9.10. The maximum absolute atomic E-state index is 10.2. The fraction of sp³-hybridized carbons (Fsp3) is 0.111. The molecule has 0 fully saturated rings. The molecular formula is C18H15BrN2O. The first-order valence-electron chi connectivity index (χ1n) is 6.94. The molecule has 0 bridgehead atoms. The molecule has 0 unspecified atom stereocenters. The lowest BCUT2D eigenvalue weighted by Gasteiger charge is -2.07. The number of fused-ring (bicyclic) bond motifs is 1. The summed E-state index contributed by atoms with van der Waals surface area (Å²) in [5.41, 5.74) is 4.40. The van der Waals surface area contributed by atoms with Crippen LogP contribution in [0.4, 0.5) is 0 Å². The van der Waals surface area contributed by atoms with Crippen LogP contribution in [-0.4, -0.2) is 15.1 Å². The summed E-state index contributed by atoms with van der Waals surface area (Å²) in [4.78, 5) is 8.75. The van der Waals surface area contributed by atoms with E-state index in [-0.39, 0.29) is 5.75 Å². The van der Waals surface area contributed by atoms with Crippen molar-refractivity contribution < 1.29 is 5.11 Å². The van der Waals surface area contributed by atoms with Gasteiger partial charge in [-0.3, -0.25) is 0 Å². The second-order valence-electron chi connectivity index (χ2n) is 5.24. The number of rotatable bonds is 2. The van der Waals surface area contributed by atoms with Crippen molar-refractivity contribution in [1.82, 2.24) is 9.97 Å². The molecule has 0 saturated carbocycles. The van der Waals surface area contributed by atoms with Crippen molar-refractivity contribution in [2.24, 2.45) is 0 Å². The van der Waals surface area contributed by atoms with Gasteiger partial charge >= 0.3 is 0 Å². The van der Waals surface area contributed by atoms with Crippen molar-refractivity contribution in [3.63, 3.8) is 0 Å². The van der Waals surface area contributed by atoms with Crippen LogP contribution in [-0.2, 0) is 0 Å². The molecular weight excluding hydrogens is 340 g/mol. The fourth-order valence-corrected chi connectivity index (χ4v) is 2.63. The Kier molecular flexibility index (Phi) is 3.94. The van der Waals surface area contributed by atoms with Crippen molar-refractivity contribution >= 4 is 39.0 Å². The Bertz CT molecular complexity index is 870. The second kappa shape index (κ2) is 5.89. The number of halogens is 1. The van der Waals surface area contributed by atoms with E-state index in [9.17, 15) is 5.11 Å². The van der Waals surface area contributed by atoms with Crippen LogP contribution in [0.2, 0.25) is 0 Å². The summed E-state index contributed by atoms with van der Waals surface area (Å²) in [6.07, 6.45) is 5.65. The number of hydrogen-bond acceptors (Lipinski definition) is 3. The molecule has 3 aromatic rings. The maximum atomic E-state index is 10.2. The van der Waals surface area contributed by atoms with E-state index in [1.165, 1.54) is 0 Å². The third-order valence-corrected chi connectivity index (χ3v) is 4.04. The topological polar surface area (TPSA) is 46.0 Å². The van der Waals surface area contributed by atoms with Crippen LogP contribution in [0.1, 0.15) is 22.4 Å². The molecule has 1 aromatic carbocycles. The second-order valence-corrected chi connectivity index (χ2v) is 6.05. The van der Waals surface area contributed by atoms with Gasteiger partial charge in [0.25, 0.3) is 0 Å². The van der Waals surface area contributed by atoms with Gasteiger partial charge in [-0.2, -0.15) is 0 Å².